The number of aliphatic carboxylic acids is 1. The normalized spacial score (nSPS) is 20.6. The second-order valence-corrected chi connectivity index (χ2v) is 12.7. The number of carboxylic acid groups (broad SMARTS) is 1. The lowest BCUT2D eigenvalue weighted by atomic mass is 9.82. The number of nitrogens with zero attached hydrogens (tertiary/aromatic N) is 2. The number of carboxylic acids is 1. The van der Waals surface area contributed by atoms with Gasteiger partial charge in [-0.15, -0.1) is 0 Å². The van der Waals surface area contributed by atoms with Gasteiger partial charge in [0.25, 0.3) is 0 Å². The largest absolute Gasteiger partial charge is 0.491 e. The summed E-state index contributed by atoms with van der Waals surface area (Å²) in [5, 5.41) is 10.5. The van der Waals surface area contributed by atoms with Gasteiger partial charge in [0.05, 0.1) is 18.3 Å². The van der Waals surface area contributed by atoms with Gasteiger partial charge in [0.1, 0.15) is 0 Å². The van der Waals surface area contributed by atoms with E-state index in [9.17, 15) is 18.3 Å². The summed E-state index contributed by atoms with van der Waals surface area (Å²) in [6, 6.07) is 9.32. The van der Waals surface area contributed by atoms with Gasteiger partial charge in [0.15, 0.2) is 23.1 Å². The molecule has 0 aliphatic carbocycles. The third kappa shape index (κ3) is 7.13. The first-order valence-corrected chi connectivity index (χ1v) is 16.1. The van der Waals surface area contributed by atoms with Crippen molar-refractivity contribution < 1.29 is 36.9 Å². The molecule has 3 atom stereocenters. The van der Waals surface area contributed by atoms with E-state index in [2.05, 4.69) is 0 Å². The molecule has 0 bridgehead atoms. The molecule has 9 nitrogen and oxygen atoms in total. The molecule has 2 aromatic rings. The van der Waals surface area contributed by atoms with Crippen molar-refractivity contribution in [2.45, 2.75) is 58.4 Å². The molecule has 2 heterocycles. The molecule has 2 aliphatic rings. The van der Waals surface area contributed by atoms with E-state index >= 15 is 4.39 Å². The fourth-order valence-corrected chi connectivity index (χ4v) is 7.50. The monoisotopic (exact) mass is 592 g/mol. The molecule has 11 heteroatoms. The molecule has 2 aliphatic heterocycles. The minimum Gasteiger partial charge on any atom is -0.491 e. The molecule has 226 valence electrons. The quantitative estimate of drug-likeness (QED) is 0.287. The molecule has 41 heavy (non-hydrogen) atoms. The van der Waals surface area contributed by atoms with Gasteiger partial charge in [-0.25, -0.2) is 17.1 Å². The number of carbonyl (C=O) groups is 1. The van der Waals surface area contributed by atoms with E-state index in [-0.39, 0.29) is 24.8 Å². The topological polar surface area (TPSA) is 106 Å². The summed E-state index contributed by atoms with van der Waals surface area (Å²) >= 11 is 0. The van der Waals surface area contributed by atoms with Gasteiger partial charge < -0.3 is 19.3 Å². The van der Waals surface area contributed by atoms with Crippen LogP contribution < -0.4 is 14.2 Å². The van der Waals surface area contributed by atoms with Crippen LogP contribution in [0, 0.1) is 11.7 Å². The molecule has 4 rings (SSSR count). The maximum atomic E-state index is 15.0. The summed E-state index contributed by atoms with van der Waals surface area (Å²) in [4.78, 5) is 14.8. The van der Waals surface area contributed by atoms with Gasteiger partial charge in [-0.1, -0.05) is 38.8 Å². The Morgan fingerprint density at radius 3 is 2.49 bits per heavy atom. The van der Waals surface area contributed by atoms with E-state index in [1.54, 1.807) is 19.1 Å². The number of ether oxygens (including phenoxy) is 3. The number of hydrogen-bond acceptors (Lipinski definition) is 7. The second-order valence-electron chi connectivity index (χ2n) is 10.6. The molecular formula is C30H41FN2O7S. The number of halogens is 1. The molecule has 1 saturated heterocycles. The maximum Gasteiger partial charge on any atom is 0.309 e. The van der Waals surface area contributed by atoms with Gasteiger partial charge in [-0.2, -0.15) is 0 Å². The van der Waals surface area contributed by atoms with Crippen LogP contribution >= 0.6 is 0 Å². The Kier molecular flexibility index (Phi) is 10.5. The molecule has 0 aromatic heterocycles. The van der Waals surface area contributed by atoms with Crippen LogP contribution in [0.25, 0.3) is 0 Å². The molecular weight excluding hydrogens is 551 g/mol. The van der Waals surface area contributed by atoms with Crippen molar-refractivity contribution in [3.8, 4) is 17.2 Å². The molecule has 2 aromatic carbocycles. The van der Waals surface area contributed by atoms with Crippen LogP contribution in [0.2, 0.25) is 0 Å². The second kappa shape index (κ2) is 13.8. The van der Waals surface area contributed by atoms with Crippen LogP contribution in [0.15, 0.2) is 36.4 Å². The number of benzene rings is 2. The zero-order valence-electron chi connectivity index (χ0n) is 24.1. The highest BCUT2D eigenvalue weighted by molar-refractivity contribution is 7.89. The number of rotatable bonds is 15. The lowest BCUT2D eigenvalue weighted by Gasteiger charge is -2.30. The SMILES string of the molecule is CCCCCS(=O)(=O)N(CCC)CCN1C[C@H](c2ccc3c(c2)OCO3)[C@H](C(=O)O)[C@H]1c1ccc(OCC)c(F)c1. The summed E-state index contributed by atoms with van der Waals surface area (Å²) in [6.07, 6.45) is 3.03. The van der Waals surface area contributed by atoms with E-state index in [0.29, 0.717) is 56.1 Å². The predicted molar refractivity (Wildman–Crippen MR) is 153 cm³/mol. The van der Waals surface area contributed by atoms with Crippen molar-refractivity contribution in [3.05, 3.63) is 53.3 Å². The van der Waals surface area contributed by atoms with Gasteiger partial charge in [-0.3, -0.25) is 9.69 Å². The number of fused-ring (bicyclic) bond motifs is 1. The number of likely N-dealkylation sites (tertiary alicyclic amines) is 1. The van der Waals surface area contributed by atoms with Crippen LogP contribution in [-0.2, 0) is 14.8 Å². The van der Waals surface area contributed by atoms with Crippen LogP contribution in [0.5, 0.6) is 17.2 Å². The van der Waals surface area contributed by atoms with Crippen molar-refractivity contribution in [3.63, 3.8) is 0 Å². The Balaban J connectivity index is 1.67. The van der Waals surface area contributed by atoms with Gasteiger partial charge in [0, 0.05) is 38.1 Å². The summed E-state index contributed by atoms with van der Waals surface area (Å²) in [6.45, 7) is 7.40. The molecule has 0 amide bonds. The van der Waals surface area contributed by atoms with Crippen molar-refractivity contribution in [1.82, 2.24) is 9.21 Å². The van der Waals surface area contributed by atoms with E-state index < -0.39 is 39.7 Å². The van der Waals surface area contributed by atoms with E-state index in [1.807, 2.05) is 30.9 Å². The van der Waals surface area contributed by atoms with E-state index in [0.717, 1.165) is 18.4 Å². The summed E-state index contributed by atoms with van der Waals surface area (Å²) < 4.78 is 59.3. The molecule has 0 saturated carbocycles. The Labute approximate surface area is 242 Å². The van der Waals surface area contributed by atoms with Crippen molar-refractivity contribution >= 4 is 16.0 Å². The zero-order valence-corrected chi connectivity index (χ0v) is 24.9. The lowest BCUT2D eigenvalue weighted by Crippen LogP contribution is -2.40. The summed E-state index contributed by atoms with van der Waals surface area (Å²) in [5.74, 6) is -1.57. The van der Waals surface area contributed by atoms with Crippen LogP contribution in [0.3, 0.4) is 0 Å². The van der Waals surface area contributed by atoms with Crippen molar-refractivity contribution in [1.29, 1.82) is 0 Å². The minimum absolute atomic E-state index is 0.0892. The first-order valence-electron chi connectivity index (χ1n) is 14.5. The Bertz CT molecular complexity index is 1310. The van der Waals surface area contributed by atoms with E-state index in [4.69, 9.17) is 14.2 Å². The third-order valence-corrected chi connectivity index (χ3v) is 9.77. The molecule has 0 spiro atoms. The lowest BCUT2D eigenvalue weighted by molar-refractivity contribution is -0.143. The number of sulfonamides is 1. The summed E-state index contributed by atoms with van der Waals surface area (Å²) in [5.41, 5.74) is 1.28. The average molecular weight is 593 g/mol. The fourth-order valence-electron chi connectivity index (χ4n) is 5.86. The van der Waals surface area contributed by atoms with Crippen LogP contribution in [0.1, 0.15) is 69.5 Å². The highest BCUT2D eigenvalue weighted by Gasteiger charge is 2.48. The van der Waals surface area contributed by atoms with Gasteiger partial charge in [0.2, 0.25) is 16.8 Å². The highest BCUT2D eigenvalue weighted by atomic mass is 32.2. The number of unbranched alkanes of at least 4 members (excludes halogenated alkanes) is 2. The molecule has 1 N–H and O–H groups in total. The average Bonchev–Trinajstić information content (AvgIpc) is 3.56. The van der Waals surface area contributed by atoms with Gasteiger partial charge in [-0.05, 0) is 55.2 Å². The third-order valence-electron chi connectivity index (χ3n) is 7.81. The van der Waals surface area contributed by atoms with Crippen LogP contribution in [-0.4, -0.2) is 74.0 Å². The fraction of sp³-hybridized carbons (Fsp3) is 0.567. The molecule has 0 radical (unpaired) electrons. The summed E-state index contributed by atoms with van der Waals surface area (Å²) in [7, 11) is -3.47. The zero-order chi connectivity index (χ0) is 29.6. The van der Waals surface area contributed by atoms with E-state index in [1.165, 1.54) is 16.4 Å². The Hall–Kier alpha value is -2.89. The Morgan fingerprint density at radius 2 is 1.80 bits per heavy atom. The minimum atomic E-state index is -3.47. The van der Waals surface area contributed by atoms with Crippen LogP contribution in [0.4, 0.5) is 4.39 Å². The maximum absolute atomic E-state index is 15.0. The first-order chi connectivity index (χ1) is 19.7. The number of hydrogen-bond donors (Lipinski definition) is 1. The molecule has 1 fully saturated rings. The molecule has 0 unspecified atom stereocenters. The van der Waals surface area contributed by atoms with Gasteiger partial charge >= 0.3 is 5.97 Å². The highest BCUT2D eigenvalue weighted by Crippen LogP contribution is 2.48. The smallest absolute Gasteiger partial charge is 0.309 e. The first kappa shape index (κ1) is 31.1. The Morgan fingerprint density at radius 1 is 1.05 bits per heavy atom. The van der Waals surface area contributed by atoms with Crippen molar-refractivity contribution in [2.75, 3.05) is 45.3 Å². The standard InChI is InChI=1S/C30H41FN2O7S/c1-4-7-8-16-41(36,37)33(13-5-2)15-14-32-19-23(21-9-12-26-27(18-21)40-20-39-26)28(30(34)35)29(32)22-10-11-25(38-6-3)24(31)17-22/h9-12,17-18,23,28-29H,4-8,13-16,19-20H2,1-3H3,(H,34,35)/t23-,28+,29-/m1/s1. The van der Waals surface area contributed by atoms with Crippen molar-refractivity contribution in [2.24, 2.45) is 5.92 Å². The predicted octanol–water partition coefficient (Wildman–Crippen LogP) is 5.03.